The van der Waals surface area contributed by atoms with Crippen molar-refractivity contribution in [2.24, 2.45) is 11.8 Å². The highest BCUT2D eigenvalue weighted by atomic mass is 16.3. The third-order valence-electron chi connectivity index (χ3n) is 6.39. The van der Waals surface area contributed by atoms with E-state index in [9.17, 15) is 10.2 Å². The van der Waals surface area contributed by atoms with Gasteiger partial charge in [-0.3, -0.25) is 9.88 Å². The van der Waals surface area contributed by atoms with E-state index in [0.717, 1.165) is 35.3 Å². The number of fused-ring (bicyclic) bond motifs is 1. The molecular weight excluding hydrogens is 288 g/mol. The van der Waals surface area contributed by atoms with E-state index in [4.69, 9.17) is 0 Å². The second-order valence-electron chi connectivity index (χ2n) is 7.16. The molecule has 4 heteroatoms. The van der Waals surface area contributed by atoms with Crippen molar-refractivity contribution in [2.75, 3.05) is 6.54 Å². The van der Waals surface area contributed by atoms with Gasteiger partial charge in [-0.1, -0.05) is 6.08 Å². The molecule has 2 aliphatic heterocycles. The molecule has 2 N–H and O–H groups in total. The molecule has 118 valence electrons. The van der Waals surface area contributed by atoms with Crippen molar-refractivity contribution < 1.29 is 10.2 Å². The van der Waals surface area contributed by atoms with E-state index >= 15 is 0 Å². The van der Waals surface area contributed by atoms with Gasteiger partial charge in [0, 0.05) is 23.2 Å². The van der Waals surface area contributed by atoms with Gasteiger partial charge in [-0.25, -0.2) is 0 Å². The average molecular weight is 308 g/mol. The van der Waals surface area contributed by atoms with Gasteiger partial charge in [-0.05, 0) is 61.1 Å². The molecule has 1 saturated carbocycles. The van der Waals surface area contributed by atoms with Gasteiger partial charge < -0.3 is 10.2 Å². The number of nitrogens with zero attached hydrogens (tertiary/aromatic N) is 2. The molecule has 0 bridgehead atoms. The Hall–Kier alpha value is -1.91. The molecule has 2 saturated heterocycles. The molecule has 23 heavy (non-hydrogen) atoms. The number of phenols is 1. The van der Waals surface area contributed by atoms with Gasteiger partial charge >= 0.3 is 0 Å². The number of hydrogen-bond acceptors (Lipinski definition) is 4. The van der Waals surface area contributed by atoms with Crippen LogP contribution in [0.1, 0.15) is 24.5 Å². The van der Waals surface area contributed by atoms with Crippen LogP contribution in [-0.4, -0.2) is 38.2 Å². The summed E-state index contributed by atoms with van der Waals surface area (Å²) in [6, 6.07) is 7.17. The fraction of sp³-hybridized carbons (Fsp3) is 0.421. The fourth-order valence-corrected chi connectivity index (χ4v) is 5.34. The highest BCUT2D eigenvalue weighted by molar-refractivity contribution is 5.83. The van der Waals surface area contributed by atoms with Gasteiger partial charge in [-0.15, -0.1) is 6.58 Å². The van der Waals surface area contributed by atoms with E-state index < -0.39 is 6.10 Å². The number of piperidine rings is 1. The number of aliphatic hydroxyl groups excluding tert-OH is 1. The largest absolute Gasteiger partial charge is 0.508 e. The van der Waals surface area contributed by atoms with Crippen LogP contribution in [0.4, 0.5) is 0 Å². The number of pyridine rings is 1. The molecule has 3 fully saturated rings. The van der Waals surface area contributed by atoms with Crippen LogP contribution in [0.3, 0.4) is 0 Å². The zero-order valence-electron chi connectivity index (χ0n) is 12.9. The number of aliphatic hydroxyl groups is 1. The molecule has 0 radical (unpaired) electrons. The molecule has 3 aliphatic rings. The summed E-state index contributed by atoms with van der Waals surface area (Å²) in [5.41, 5.74) is 1.98. The summed E-state index contributed by atoms with van der Waals surface area (Å²) in [7, 11) is 0. The summed E-state index contributed by atoms with van der Waals surface area (Å²) >= 11 is 0. The minimum Gasteiger partial charge on any atom is -0.508 e. The fourth-order valence-electron chi connectivity index (χ4n) is 5.34. The van der Waals surface area contributed by atoms with E-state index in [1.807, 2.05) is 6.07 Å². The summed E-state index contributed by atoms with van der Waals surface area (Å²) in [6.45, 7) is 5.05. The summed E-state index contributed by atoms with van der Waals surface area (Å²) in [6.07, 6.45) is 5.55. The van der Waals surface area contributed by atoms with E-state index in [1.54, 1.807) is 24.4 Å². The summed E-state index contributed by atoms with van der Waals surface area (Å²) in [4.78, 5) is 6.82. The first-order valence-corrected chi connectivity index (χ1v) is 8.32. The number of rotatable bonds is 3. The molecule has 1 spiro atoms. The quantitative estimate of drug-likeness (QED) is 0.856. The standard InChI is InChI=1S/C19H20N2O2/c1-2-14-15-6-8-21-17(10-19(14,15)21)18(23)12-5-7-20-16-4-3-11(22)9-13(12)16/h2-5,7,9,14-15,17-18,22-23H,1,6,8,10H2/t14?,15?,17?,18-,19?/m1/s1. The third-order valence-corrected chi connectivity index (χ3v) is 6.39. The molecule has 1 aliphatic carbocycles. The van der Waals surface area contributed by atoms with Crippen molar-refractivity contribution in [1.82, 2.24) is 9.88 Å². The SMILES string of the molecule is C=CC1C2CCN3C([C@H](O)c4ccnc5ccc(O)cc45)CC123. The maximum atomic E-state index is 11.0. The van der Waals surface area contributed by atoms with Gasteiger partial charge in [0.25, 0.3) is 0 Å². The lowest BCUT2D eigenvalue weighted by molar-refractivity contribution is -0.0656. The van der Waals surface area contributed by atoms with Crippen molar-refractivity contribution >= 4 is 10.9 Å². The lowest BCUT2D eigenvalue weighted by atomic mass is 9.82. The highest BCUT2D eigenvalue weighted by Gasteiger charge is 2.76. The Morgan fingerprint density at radius 1 is 1.39 bits per heavy atom. The van der Waals surface area contributed by atoms with Crippen LogP contribution in [-0.2, 0) is 0 Å². The maximum Gasteiger partial charge on any atom is 0.116 e. The van der Waals surface area contributed by atoms with Gasteiger partial charge in [0.2, 0.25) is 0 Å². The van der Waals surface area contributed by atoms with Gasteiger partial charge in [0.05, 0.1) is 11.6 Å². The first-order valence-electron chi connectivity index (χ1n) is 8.32. The highest BCUT2D eigenvalue weighted by Crippen LogP contribution is 2.71. The monoisotopic (exact) mass is 308 g/mol. The number of aromatic nitrogens is 1. The second kappa shape index (κ2) is 4.34. The maximum absolute atomic E-state index is 11.0. The van der Waals surface area contributed by atoms with Gasteiger partial charge in [0.1, 0.15) is 5.75 Å². The zero-order chi connectivity index (χ0) is 15.8. The van der Waals surface area contributed by atoms with Crippen molar-refractivity contribution in [2.45, 2.75) is 30.5 Å². The molecule has 2 aromatic rings. The topological polar surface area (TPSA) is 56.6 Å². The molecule has 4 unspecified atom stereocenters. The van der Waals surface area contributed by atoms with Crippen LogP contribution in [0, 0.1) is 11.8 Å². The molecular formula is C19H20N2O2. The van der Waals surface area contributed by atoms with Crippen molar-refractivity contribution in [3.63, 3.8) is 0 Å². The Morgan fingerprint density at radius 3 is 3.04 bits per heavy atom. The minimum atomic E-state index is -0.544. The molecule has 3 heterocycles. The van der Waals surface area contributed by atoms with Crippen LogP contribution >= 0.6 is 0 Å². The van der Waals surface area contributed by atoms with Crippen molar-refractivity contribution in [1.29, 1.82) is 0 Å². The lowest BCUT2D eigenvalue weighted by Crippen LogP contribution is -2.59. The van der Waals surface area contributed by atoms with E-state index in [2.05, 4.69) is 22.5 Å². The molecule has 1 aromatic heterocycles. The predicted molar refractivity (Wildman–Crippen MR) is 88.0 cm³/mol. The normalized spacial score (nSPS) is 36.1. The zero-order valence-corrected chi connectivity index (χ0v) is 12.9. The summed E-state index contributed by atoms with van der Waals surface area (Å²) in [5.74, 6) is 1.57. The number of phenolic OH excluding ortho intramolecular Hbond substituents is 1. The Morgan fingerprint density at radius 2 is 2.26 bits per heavy atom. The number of hydrogen-bond donors (Lipinski definition) is 2. The van der Waals surface area contributed by atoms with Crippen LogP contribution < -0.4 is 0 Å². The lowest BCUT2D eigenvalue weighted by Gasteiger charge is -2.50. The van der Waals surface area contributed by atoms with E-state index in [0.29, 0.717) is 11.5 Å². The first kappa shape index (κ1) is 13.5. The summed E-state index contributed by atoms with van der Waals surface area (Å²) in [5, 5.41) is 21.6. The minimum absolute atomic E-state index is 0.165. The number of aromatic hydroxyl groups is 1. The van der Waals surface area contributed by atoms with Gasteiger partial charge in [0.15, 0.2) is 0 Å². The van der Waals surface area contributed by atoms with Crippen molar-refractivity contribution in [3.8, 4) is 5.75 Å². The van der Waals surface area contributed by atoms with E-state index in [1.165, 1.54) is 6.42 Å². The molecule has 5 atom stereocenters. The smallest absolute Gasteiger partial charge is 0.116 e. The summed E-state index contributed by atoms with van der Waals surface area (Å²) < 4.78 is 0. The molecule has 0 amide bonds. The molecule has 4 nitrogen and oxygen atoms in total. The molecule has 1 aromatic carbocycles. The van der Waals surface area contributed by atoms with Crippen LogP contribution in [0.2, 0.25) is 0 Å². The second-order valence-corrected chi connectivity index (χ2v) is 7.16. The number of benzene rings is 1. The van der Waals surface area contributed by atoms with Crippen LogP contribution in [0.5, 0.6) is 5.75 Å². The van der Waals surface area contributed by atoms with Crippen LogP contribution in [0.15, 0.2) is 43.1 Å². The van der Waals surface area contributed by atoms with E-state index in [-0.39, 0.29) is 11.8 Å². The average Bonchev–Trinajstić information content (AvgIpc) is 3.12. The Balaban J connectivity index is 1.50. The Kier molecular flexibility index (Phi) is 2.55. The van der Waals surface area contributed by atoms with Crippen molar-refractivity contribution in [3.05, 3.63) is 48.7 Å². The third kappa shape index (κ3) is 1.55. The Bertz CT molecular complexity index is 820. The molecule has 5 rings (SSSR count). The Labute approximate surface area is 135 Å². The first-order chi connectivity index (χ1) is 11.2. The predicted octanol–water partition coefficient (Wildman–Crippen LogP) is 2.62. The van der Waals surface area contributed by atoms with Crippen LogP contribution in [0.25, 0.3) is 10.9 Å². The van der Waals surface area contributed by atoms with Gasteiger partial charge in [-0.2, -0.15) is 0 Å².